The highest BCUT2D eigenvalue weighted by Crippen LogP contribution is 2.23. The van der Waals surface area contributed by atoms with Gasteiger partial charge in [-0.2, -0.15) is 0 Å². The van der Waals surface area contributed by atoms with Crippen LogP contribution in [-0.2, 0) is 13.1 Å². The van der Waals surface area contributed by atoms with E-state index in [-0.39, 0.29) is 0 Å². The summed E-state index contributed by atoms with van der Waals surface area (Å²) in [5.41, 5.74) is 1.28. The molecule has 1 aliphatic carbocycles. The number of nitrogens with one attached hydrogen (secondary N) is 2. The summed E-state index contributed by atoms with van der Waals surface area (Å²) in [5, 5.41) is 6.97. The highest BCUT2D eigenvalue weighted by Gasteiger charge is 2.19. The first-order valence-corrected chi connectivity index (χ1v) is 9.25. The Hall–Kier alpha value is -2.30. The summed E-state index contributed by atoms with van der Waals surface area (Å²) in [6, 6.07) is 11.0. The van der Waals surface area contributed by atoms with Crippen molar-refractivity contribution in [3.63, 3.8) is 0 Å². The molecule has 1 aliphatic rings. The van der Waals surface area contributed by atoms with Crippen LogP contribution in [0.3, 0.4) is 0 Å². The number of hydrogen-bond acceptors (Lipinski definition) is 2. The summed E-state index contributed by atoms with van der Waals surface area (Å²) in [5.74, 6) is 2.75. The molecule has 1 fully saturated rings. The largest absolute Gasteiger partial charge is 0.354 e. The van der Waals surface area contributed by atoms with Gasteiger partial charge in [0.1, 0.15) is 5.82 Å². The van der Waals surface area contributed by atoms with E-state index >= 15 is 0 Å². The van der Waals surface area contributed by atoms with Gasteiger partial charge in [0, 0.05) is 32.0 Å². The smallest absolute Gasteiger partial charge is 0.191 e. The highest BCUT2D eigenvalue weighted by molar-refractivity contribution is 5.79. The summed E-state index contributed by atoms with van der Waals surface area (Å²) < 4.78 is 2.18. The average Bonchev–Trinajstić information content (AvgIpc) is 3.08. The van der Waals surface area contributed by atoms with Crippen LogP contribution in [0, 0.1) is 5.92 Å². The monoisotopic (exact) mass is 339 g/mol. The third-order valence-corrected chi connectivity index (χ3v) is 4.99. The van der Waals surface area contributed by atoms with Gasteiger partial charge in [-0.15, -0.1) is 0 Å². The number of nitrogens with zero attached hydrogens (tertiary/aromatic N) is 3. The molecule has 5 heteroatoms. The molecule has 0 unspecified atom stereocenters. The molecule has 2 N–H and O–H groups in total. The van der Waals surface area contributed by atoms with Gasteiger partial charge in [0.15, 0.2) is 5.96 Å². The lowest BCUT2D eigenvalue weighted by Crippen LogP contribution is -2.44. The Labute approximate surface area is 150 Å². The van der Waals surface area contributed by atoms with Crippen molar-refractivity contribution in [2.75, 3.05) is 7.05 Å². The Balaban J connectivity index is 1.53. The van der Waals surface area contributed by atoms with Crippen LogP contribution in [-0.4, -0.2) is 28.6 Å². The Morgan fingerprint density at radius 3 is 2.68 bits per heavy atom. The van der Waals surface area contributed by atoms with Gasteiger partial charge in [-0.05, 0) is 37.2 Å². The average molecular weight is 339 g/mol. The van der Waals surface area contributed by atoms with Crippen LogP contribution in [0.2, 0.25) is 0 Å². The predicted molar refractivity (Wildman–Crippen MR) is 103 cm³/mol. The molecule has 0 aliphatic heterocycles. The molecule has 0 spiro atoms. The van der Waals surface area contributed by atoms with Crippen molar-refractivity contribution in [2.45, 2.75) is 51.7 Å². The van der Waals surface area contributed by atoms with Crippen LogP contribution in [0.25, 0.3) is 0 Å². The summed E-state index contributed by atoms with van der Waals surface area (Å²) in [6.07, 6.45) is 8.95. The Morgan fingerprint density at radius 2 is 1.96 bits per heavy atom. The number of hydrogen-bond donors (Lipinski definition) is 2. The van der Waals surface area contributed by atoms with Gasteiger partial charge in [0.05, 0.1) is 6.54 Å². The molecule has 1 aromatic heterocycles. The van der Waals surface area contributed by atoms with E-state index in [2.05, 4.69) is 56.4 Å². The maximum atomic E-state index is 4.49. The van der Waals surface area contributed by atoms with E-state index in [4.69, 9.17) is 0 Å². The Morgan fingerprint density at radius 1 is 1.20 bits per heavy atom. The van der Waals surface area contributed by atoms with Crippen molar-refractivity contribution < 1.29 is 0 Å². The fourth-order valence-electron chi connectivity index (χ4n) is 3.39. The zero-order chi connectivity index (χ0) is 17.5. The van der Waals surface area contributed by atoms with Crippen LogP contribution in [0.5, 0.6) is 0 Å². The molecular weight excluding hydrogens is 310 g/mol. The number of guanidine groups is 1. The maximum Gasteiger partial charge on any atom is 0.191 e. The van der Waals surface area contributed by atoms with E-state index in [0.717, 1.165) is 24.2 Å². The van der Waals surface area contributed by atoms with Gasteiger partial charge < -0.3 is 15.2 Å². The van der Waals surface area contributed by atoms with Crippen molar-refractivity contribution in [1.29, 1.82) is 0 Å². The van der Waals surface area contributed by atoms with Gasteiger partial charge in [-0.3, -0.25) is 4.99 Å². The van der Waals surface area contributed by atoms with E-state index in [9.17, 15) is 0 Å². The van der Waals surface area contributed by atoms with Crippen molar-refractivity contribution in [2.24, 2.45) is 10.9 Å². The first-order valence-electron chi connectivity index (χ1n) is 9.25. The summed E-state index contributed by atoms with van der Waals surface area (Å²) >= 11 is 0. The van der Waals surface area contributed by atoms with Crippen molar-refractivity contribution >= 4 is 5.96 Å². The number of imidazole rings is 1. The third kappa shape index (κ3) is 5.08. The fourth-order valence-corrected chi connectivity index (χ4v) is 3.39. The van der Waals surface area contributed by atoms with E-state index in [1.165, 1.54) is 31.2 Å². The quantitative estimate of drug-likeness (QED) is 0.650. The molecule has 0 radical (unpaired) electrons. The number of aromatic nitrogens is 2. The second kappa shape index (κ2) is 8.70. The van der Waals surface area contributed by atoms with E-state index < -0.39 is 0 Å². The minimum absolute atomic E-state index is 0.534. The van der Waals surface area contributed by atoms with Crippen molar-refractivity contribution in [3.05, 3.63) is 54.1 Å². The molecule has 0 atom stereocenters. The molecule has 25 heavy (non-hydrogen) atoms. The van der Waals surface area contributed by atoms with Crippen LogP contribution in [0.15, 0.2) is 47.7 Å². The van der Waals surface area contributed by atoms with Crippen LogP contribution >= 0.6 is 0 Å². The van der Waals surface area contributed by atoms with Crippen LogP contribution in [0.1, 0.15) is 44.0 Å². The number of benzene rings is 1. The molecule has 0 bridgehead atoms. The predicted octanol–water partition coefficient (Wildman–Crippen LogP) is 3.18. The summed E-state index contributed by atoms with van der Waals surface area (Å²) in [4.78, 5) is 8.86. The van der Waals surface area contributed by atoms with Crippen LogP contribution in [0.4, 0.5) is 0 Å². The first kappa shape index (κ1) is 17.5. The molecule has 0 amide bonds. The van der Waals surface area contributed by atoms with Crippen molar-refractivity contribution in [1.82, 2.24) is 20.2 Å². The van der Waals surface area contributed by atoms with E-state index in [1.54, 1.807) is 0 Å². The van der Waals surface area contributed by atoms with Crippen molar-refractivity contribution in [3.8, 4) is 0 Å². The fraction of sp³-hybridized carbons (Fsp3) is 0.500. The van der Waals surface area contributed by atoms with Crippen LogP contribution < -0.4 is 10.6 Å². The summed E-state index contributed by atoms with van der Waals surface area (Å²) in [7, 11) is 1.83. The minimum atomic E-state index is 0.534. The second-order valence-corrected chi connectivity index (χ2v) is 6.98. The van der Waals surface area contributed by atoms with Gasteiger partial charge in [-0.1, -0.05) is 37.3 Å². The second-order valence-electron chi connectivity index (χ2n) is 6.98. The van der Waals surface area contributed by atoms with Gasteiger partial charge in [0.25, 0.3) is 0 Å². The molecule has 0 saturated heterocycles. The highest BCUT2D eigenvalue weighted by atomic mass is 15.2. The lowest BCUT2D eigenvalue weighted by molar-refractivity contribution is 0.329. The number of aliphatic imine (C=N–C) groups is 1. The van der Waals surface area contributed by atoms with Gasteiger partial charge in [0.2, 0.25) is 0 Å². The molecule has 1 saturated carbocycles. The molecule has 134 valence electrons. The lowest BCUT2D eigenvalue weighted by Gasteiger charge is -2.28. The Bertz CT molecular complexity index is 668. The maximum absolute atomic E-state index is 4.49. The molecule has 2 aromatic rings. The first-order chi connectivity index (χ1) is 12.2. The standard InChI is InChI=1S/C20H29N5/c1-16-8-10-18(11-9-16)24-20(21-2)23-14-19-22-12-13-25(19)15-17-6-4-3-5-7-17/h3-7,12-13,16,18H,8-11,14-15H2,1-2H3,(H2,21,23,24). The van der Waals surface area contributed by atoms with Gasteiger partial charge in [-0.25, -0.2) is 4.98 Å². The molecule has 5 nitrogen and oxygen atoms in total. The third-order valence-electron chi connectivity index (χ3n) is 4.99. The normalized spacial score (nSPS) is 21.1. The number of rotatable bonds is 5. The minimum Gasteiger partial charge on any atom is -0.354 e. The molecule has 1 heterocycles. The SMILES string of the molecule is CN=C(NCc1nccn1Cc1ccccc1)NC1CCC(C)CC1. The molecular formula is C20H29N5. The van der Waals surface area contributed by atoms with Gasteiger partial charge >= 0.3 is 0 Å². The topological polar surface area (TPSA) is 54.2 Å². The molecule has 3 rings (SSSR count). The zero-order valence-electron chi connectivity index (χ0n) is 15.3. The Kier molecular flexibility index (Phi) is 6.09. The summed E-state index contributed by atoms with van der Waals surface area (Å²) in [6.45, 7) is 3.85. The zero-order valence-corrected chi connectivity index (χ0v) is 15.3. The molecule has 1 aromatic carbocycles. The van der Waals surface area contributed by atoms with E-state index in [0.29, 0.717) is 12.6 Å². The van der Waals surface area contributed by atoms with E-state index in [1.807, 2.05) is 25.5 Å². The lowest BCUT2D eigenvalue weighted by atomic mass is 9.87.